The summed E-state index contributed by atoms with van der Waals surface area (Å²) in [5, 5.41) is 8.10. The molecule has 18 heavy (non-hydrogen) atoms. The Morgan fingerprint density at radius 2 is 2.00 bits per heavy atom. The molecule has 0 aliphatic heterocycles. The van der Waals surface area contributed by atoms with E-state index in [1.54, 1.807) is 0 Å². The maximum absolute atomic E-state index is 4.60. The highest BCUT2D eigenvalue weighted by atomic mass is 15.3. The van der Waals surface area contributed by atoms with E-state index in [1.165, 1.54) is 57.1 Å². The van der Waals surface area contributed by atoms with E-state index in [1.807, 2.05) is 0 Å². The van der Waals surface area contributed by atoms with Crippen LogP contribution in [0.5, 0.6) is 0 Å². The summed E-state index contributed by atoms with van der Waals surface area (Å²) in [6.45, 7) is 4.28. The van der Waals surface area contributed by atoms with E-state index in [-0.39, 0.29) is 0 Å². The summed E-state index contributed by atoms with van der Waals surface area (Å²) in [7, 11) is 0. The van der Waals surface area contributed by atoms with E-state index in [0.717, 1.165) is 19.1 Å². The molecule has 1 saturated carbocycles. The van der Waals surface area contributed by atoms with Crippen molar-refractivity contribution in [2.24, 2.45) is 0 Å². The van der Waals surface area contributed by atoms with Gasteiger partial charge in [0.1, 0.15) is 0 Å². The first-order chi connectivity index (χ1) is 8.88. The van der Waals surface area contributed by atoms with Gasteiger partial charge in [0, 0.05) is 25.3 Å². The minimum atomic E-state index is 0.772. The summed E-state index contributed by atoms with van der Waals surface area (Å²) in [6.07, 6.45) is 12.9. The minimum Gasteiger partial charge on any atom is -0.308 e. The lowest BCUT2D eigenvalue weighted by molar-refractivity contribution is 0.521. The molecule has 0 amide bonds. The van der Waals surface area contributed by atoms with Crippen molar-refractivity contribution in [2.45, 2.75) is 77.4 Å². The van der Waals surface area contributed by atoms with E-state index in [4.69, 9.17) is 0 Å². The normalized spacial score (nSPS) is 15.2. The Labute approximate surface area is 111 Å². The summed E-state index contributed by atoms with van der Waals surface area (Å²) in [6, 6.07) is 2.92. The van der Waals surface area contributed by atoms with E-state index >= 15 is 0 Å². The van der Waals surface area contributed by atoms with Crippen molar-refractivity contribution < 1.29 is 0 Å². The predicted octanol–water partition coefficient (Wildman–Crippen LogP) is 3.50. The fraction of sp³-hybridized carbons (Fsp3) is 0.800. The summed E-state index contributed by atoms with van der Waals surface area (Å²) in [5.41, 5.74) is 1.19. The van der Waals surface area contributed by atoms with E-state index in [2.05, 4.69) is 34.3 Å². The first-order valence-corrected chi connectivity index (χ1v) is 7.64. The van der Waals surface area contributed by atoms with Gasteiger partial charge in [-0.05, 0) is 25.3 Å². The second-order valence-corrected chi connectivity index (χ2v) is 5.49. The van der Waals surface area contributed by atoms with Gasteiger partial charge in [-0.1, -0.05) is 39.0 Å². The summed E-state index contributed by atoms with van der Waals surface area (Å²) >= 11 is 0. The quantitative estimate of drug-likeness (QED) is 0.643. The standard InChI is InChI=1S/C15H27N3/c1-2-3-4-5-6-7-11-18-12-10-15(17-18)13-16-14-8-9-14/h10,12,14,16H,2-9,11,13H2,1H3. The van der Waals surface area contributed by atoms with Crippen molar-refractivity contribution in [1.82, 2.24) is 15.1 Å². The maximum atomic E-state index is 4.60. The number of nitrogens with one attached hydrogen (secondary N) is 1. The van der Waals surface area contributed by atoms with Gasteiger partial charge in [0.2, 0.25) is 0 Å². The Kier molecular flexibility index (Phi) is 5.72. The molecule has 102 valence electrons. The molecule has 0 bridgehead atoms. The third-order valence-electron chi connectivity index (χ3n) is 3.59. The molecule has 2 rings (SSSR count). The third-order valence-corrected chi connectivity index (χ3v) is 3.59. The molecular formula is C15H27N3. The fourth-order valence-corrected chi connectivity index (χ4v) is 2.21. The average molecular weight is 249 g/mol. The maximum Gasteiger partial charge on any atom is 0.0762 e. The fourth-order valence-electron chi connectivity index (χ4n) is 2.21. The first-order valence-electron chi connectivity index (χ1n) is 7.64. The Balaban J connectivity index is 1.54. The van der Waals surface area contributed by atoms with Crippen LogP contribution in [-0.4, -0.2) is 15.8 Å². The van der Waals surface area contributed by atoms with Crippen LogP contribution in [0.4, 0.5) is 0 Å². The van der Waals surface area contributed by atoms with E-state index < -0.39 is 0 Å². The zero-order valence-corrected chi connectivity index (χ0v) is 11.7. The van der Waals surface area contributed by atoms with Crippen LogP contribution in [0, 0.1) is 0 Å². The molecular weight excluding hydrogens is 222 g/mol. The number of hydrogen-bond acceptors (Lipinski definition) is 2. The largest absolute Gasteiger partial charge is 0.308 e. The molecule has 1 aromatic rings. The van der Waals surface area contributed by atoms with E-state index in [0.29, 0.717) is 0 Å². The Bertz CT molecular complexity index is 328. The molecule has 1 N–H and O–H groups in total. The monoisotopic (exact) mass is 249 g/mol. The molecule has 0 spiro atoms. The number of unbranched alkanes of at least 4 members (excludes halogenated alkanes) is 5. The van der Waals surface area contributed by atoms with Gasteiger partial charge >= 0.3 is 0 Å². The van der Waals surface area contributed by atoms with Gasteiger partial charge in [-0.25, -0.2) is 0 Å². The topological polar surface area (TPSA) is 29.9 Å². The smallest absolute Gasteiger partial charge is 0.0762 e. The summed E-state index contributed by atoms with van der Waals surface area (Å²) < 4.78 is 2.10. The van der Waals surface area contributed by atoms with Crippen LogP contribution in [0.25, 0.3) is 0 Å². The lowest BCUT2D eigenvalue weighted by Gasteiger charge is -2.02. The molecule has 1 aliphatic carbocycles. The van der Waals surface area contributed by atoms with Gasteiger partial charge in [0.05, 0.1) is 5.69 Å². The van der Waals surface area contributed by atoms with E-state index in [9.17, 15) is 0 Å². The summed E-state index contributed by atoms with van der Waals surface area (Å²) in [5.74, 6) is 0. The molecule has 1 aliphatic rings. The van der Waals surface area contributed by atoms with Crippen LogP contribution in [0.15, 0.2) is 12.3 Å². The van der Waals surface area contributed by atoms with Crippen molar-refractivity contribution in [3.8, 4) is 0 Å². The lowest BCUT2D eigenvalue weighted by atomic mass is 10.1. The van der Waals surface area contributed by atoms with Crippen LogP contribution in [0.2, 0.25) is 0 Å². The number of nitrogens with zero attached hydrogens (tertiary/aromatic N) is 2. The Hall–Kier alpha value is -0.830. The van der Waals surface area contributed by atoms with Gasteiger partial charge in [-0.3, -0.25) is 4.68 Å². The zero-order chi connectivity index (χ0) is 12.6. The molecule has 1 heterocycles. The molecule has 1 fully saturated rings. The Morgan fingerprint density at radius 3 is 2.78 bits per heavy atom. The number of aryl methyl sites for hydroxylation is 1. The highest BCUT2D eigenvalue weighted by Gasteiger charge is 2.20. The van der Waals surface area contributed by atoms with Gasteiger partial charge < -0.3 is 5.32 Å². The molecule has 3 nitrogen and oxygen atoms in total. The van der Waals surface area contributed by atoms with Gasteiger partial charge in [-0.15, -0.1) is 0 Å². The Morgan fingerprint density at radius 1 is 1.22 bits per heavy atom. The highest BCUT2D eigenvalue weighted by Crippen LogP contribution is 2.19. The lowest BCUT2D eigenvalue weighted by Crippen LogP contribution is -2.15. The third kappa shape index (κ3) is 5.21. The van der Waals surface area contributed by atoms with Crippen molar-refractivity contribution >= 4 is 0 Å². The highest BCUT2D eigenvalue weighted by molar-refractivity contribution is 4.99. The van der Waals surface area contributed by atoms with Crippen LogP contribution >= 0.6 is 0 Å². The van der Waals surface area contributed by atoms with Crippen molar-refractivity contribution in [2.75, 3.05) is 0 Å². The van der Waals surface area contributed by atoms with Crippen LogP contribution in [0.1, 0.15) is 64.0 Å². The van der Waals surface area contributed by atoms with Crippen LogP contribution in [-0.2, 0) is 13.1 Å². The number of rotatable bonds is 10. The van der Waals surface area contributed by atoms with Crippen molar-refractivity contribution in [1.29, 1.82) is 0 Å². The average Bonchev–Trinajstić information content (AvgIpc) is 3.11. The molecule has 3 heteroatoms. The van der Waals surface area contributed by atoms with Gasteiger partial charge in [0.25, 0.3) is 0 Å². The number of hydrogen-bond donors (Lipinski definition) is 1. The summed E-state index contributed by atoms with van der Waals surface area (Å²) in [4.78, 5) is 0. The molecule has 0 unspecified atom stereocenters. The van der Waals surface area contributed by atoms with Crippen LogP contribution in [0.3, 0.4) is 0 Å². The second-order valence-electron chi connectivity index (χ2n) is 5.49. The molecule has 0 atom stereocenters. The SMILES string of the molecule is CCCCCCCCn1ccc(CNC2CC2)n1. The molecule has 0 radical (unpaired) electrons. The zero-order valence-electron chi connectivity index (χ0n) is 11.7. The van der Waals surface area contributed by atoms with Crippen LogP contribution < -0.4 is 5.32 Å². The first kappa shape index (κ1) is 13.6. The van der Waals surface area contributed by atoms with Crippen molar-refractivity contribution in [3.63, 3.8) is 0 Å². The van der Waals surface area contributed by atoms with Gasteiger partial charge in [-0.2, -0.15) is 5.10 Å². The molecule has 1 aromatic heterocycles. The number of aromatic nitrogens is 2. The second kappa shape index (κ2) is 7.57. The van der Waals surface area contributed by atoms with Crippen molar-refractivity contribution in [3.05, 3.63) is 18.0 Å². The van der Waals surface area contributed by atoms with Gasteiger partial charge in [0.15, 0.2) is 0 Å². The minimum absolute atomic E-state index is 0.772. The molecule has 0 aromatic carbocycles. The predicted molar refractivity (Wildman–Crippen MR) is 75.5 cm³/mol. The molecule has 0 saturated heterocycles.